The Balaban J connectivity index is 1.70. The summed E-state index contributed by atoms with van der Waals surface area (Å²) < 4.78 is 21.9. The largest absolute Gasteiger partial charge is 0.492 e. The lowest BCUT2D eigenvalue weighted by molar-refractivity contribution is -0.125. The van der Waals surface area contributed by atoms with E-state index in [0.717, 1.165) is 30.8 Å². The number of hydrogen-bond acceptors (Lipinski definition) is 5. The van der Waals surface area contributed by atoms with Crippen LogP contribution in [0.15, 0.2) is 36.7 Å². The lowest BCUT2D eigenvalue weighted by Gasteiger charge is -2.28. The number of carbonyl (C=O) groups is 1. The zero-order valence-corrected chi connectivity index (χ0v) is 16.4. The lowest BCUT2D eigenvalue weighted by atomic mass is 9.93. The molecule has 7 nitrogen and oxygen atoms in total. The molecule has 5 rings (SSSR count). The average molecular weight is 395 g/mol. The van der Waals surface area contributed by atoms with Gasteiger partial charge in [-0.05, 0) is 51.0 Å². The molecule has 0 aliphatic carbocycles. The number of rotatable bonds is 0. The standard InChI is InChI=1S/C21H22FN5O2/c1-21(2)12-29-17-6-5-13(22)10-14(17)16-4-3-8-26(16)18-7-9-27-19(25-18)15(11-23-27)24-20(21)28/h5-7,9-11,16H,3-4,8,12H2,1-2H3,(H,24,28)/t16-/m0/s1. The number of anilines is 2. The molecule has 1 atom stereocenters. The molecule has 0 unspecified atom stereocenters. The van der Waals surface area contributed by atoms with Crippen LogP contribution < -0.4 is 15.0 Å². The van der Waals surface area contributed by atoms with Gasteiger partial charge in [0.15, 0.2) is 5.65 Å². The second kappa shape index (κ2) is 6.43. The molecule has 2 aliphatic heterocycles. The van der Waals surface area contributed by atoms with Gasteiger partial charge in [0, 0.05) is 18.3 Å². The first-order valence-corrected chi connectivity index (χ1v) is 9.77. The molecule has 29 heavy (non-hydrogen) atoms. The van der Waals surface area contributed by atoms with E-state index in [1.165, 1.54) is 12.1 Å². The molecule has 1 N–H and O–H groups in total. The minimum Gasteiger partial charge on any atom is -0.492 e. The Labute approximate surface area is 167 Å². The van der Waals surface area contributed by atoms with Crippen LogP contribution in [-0.4, -0.2) is 33.7 Å². The van der Waals surface area contributed by atoms with Gasteiger partial charge in [0.2, 0.25) is 5.91 Å². The summed E-state index contributed by atoms with van der Waals surface area (Å²) in [6.45, 7) is 4.61. The van der Waals surface area contributed by atoms with Crippen LogP contribution in [0.3, 0.4) is 0 Å². The fraction of sp³-hybridized carbons (Fsp3) is 0.381. The van der Waals surface area contributed by atoms with E-state index in [1.54, 1.807) is 16.8 Å². The number of carbonyl (C=O) groups excluding carboxylic acids is 1. The summed E-state index contributed by atoms with van der Waals surface area (Å²) in [5.74, 6) is 0.877. The summed E-state index contributed by atoms with van der Waals surface area (Å²) in [5, 5.41) is 7.22. The highest BCUT2D eigenvalue weighted by Gasteiger charge is 2.34. The first kappa shape index (κ1) is 17.9. The summed E-state index contributed by atoms with van der Waals surface area (Å²) in [6, 6.07) is 6.43. The number of benzene rings is 1. The predicted octanol–water partition coefficient (Wildman–Crippen LogP) is 3.57. The number of halogens is 1. The topological polar surface area (TPSA) is 71.8 Å². The molecule has 8 heteroatoms. The van der Waals surface area contributed by atoms with E-state index in [2.05, 4.69) is 15.3 Å². The Morgan fingerprint density at radius 2 is 2.17 bits per heavy atom. The van der Waals surface area contributed by atoms with Crippen molar-refractivity contribution in [2.24, 2.45) is 5.41 Å². The number of aromatic nitrogens is 3. The molecule has 1 amide bonds. The van der Waals surface area contributed by atoms with E-state index in [-0.39, 0.29) is 24.4 Å². The fourth-order valence-electron chi connectivity index (χ4n) is 4.00. The molecule has 2 aliphatic rings. The monoisotopic (exact) mass is 395 g/mol. The molecule has 1 aromatic carbocycles. The van der Waals surface area contributed by atoms with E-state index >= 15 is 0 Å². The molecule has 3 aromatic rings. The third kappa shape index (κ3) is 2.99. The van der Waals surface area contributed by atoms with Crippen molar-refractivity contribution in [3.63, 3.8) is 0 Å². The number of ether oxygens (including phenoxy) is 1. The Hall–Kier alpha value is -3.16. The first-order valence-electron chi connectivity index (χ1n) is 9.77. The van der Waals surface area contributed by atoms with Gasteiger partial charge in [-0.1, -0.05) is 0 Å². The predicted molar refractivity (Wildman–Crippen MR) is 107 cm³/mol. The van der Waals surface area contributed by atoms with E-state index in [9.17, 15) is 9.18 Å². The van der Waals surface area contributed by atoms with Crippen LogP contribution >= 0.6 is 0 Å². The van der Waals surface area contributed by atoms with Crippen LogP contribution in [0.25, 0.3) is 5.65 Å². The zero-order valence-electron chi connectivity index (χ0n) is 16.4. The third-order valence-electron chi connectivity index (χ3n) is 5.68. The SMILES string of the molecule is CC1(C)COc2ccc(F)cc2[C@@H]2CCCN2c2ccn3ncc(c3n2)NC1=O. The van der Waals surface area contributed by atoms with Gasteiger partial charge in [0.25, 0.3) is 0 Å². The summed E-state index contributed by atoms with van der Waals surface area (Å²) in [4.78, 5) is 19.9. The van der Waals surface area contributed by atoms with E-state index in [1.807, 2.05) is 26.1 Å². The van der Waals surface area contributed by atoms with Crippen LogP contribution in [0.1, 0.15) is 38.3 Å². The minimum atomic E-state index is -0.805. The molecule has 2 aromatic heterocycles. The van der Waals surface area contributed by atoms with Crippen LogP contribution in [0.5, 0.6) is 5.75 Å². The zero-order chi connectivity index (χ0) is 20.2. The fourth-order valence-corrected chi connectivity index (χ4v) is 4.00. The summed E-state index contributed by atoms with van der Waals surface area (Å²) >= 11 is 0. The number of hydrogen-bond donors (Lipinski definition) is 1. The molecule has 2 bridgehead atoms. The highest BCUT2D eigenvalue weighted by atomic mass is 19.1. The van der Waals surface area contributed by atoms with Crippen LogP contribution in [0.4, 0.5) is 15.9 Å². The maximum atomic E-state index is 14.1. The van der Waals surface area contributed by atoms with Gasteiger partial charge in [0.1, 0.15) is 29.7 Å². The quantitative estimate of drug-likeness (QED) is 0.630. The normalized spacial score (nSPS) is 20.9. The molecular formula is C21H22FN5O2. The van der Waals surface area contributed by atoms with Crippen molar-refractivity contribution in [2.75, 3.05) is 23.4 Å². The average Bonchev–Trinajstić information content (AvgIpc) is 3.33. The van der Waals surface area contributed by atoms with Crippen LogP contribution in [-0.2, 0) is 4.79 Å². The summed E-state index contributed by atoms with van der Waals surface area (Å²) in [7, 11) is 0. The van der Waals surface area contributed by atoms with Gasteiger partial charge in [0.05, 0.1) is 17.7 Å². The van der Waals surface area contributed by atoms with Crippen molar-refractivity contribution < 1.29 is 13.9 Å². The molecular weight excluding hydrogens is 373 g/mol. The molecule has 0 spiro atoms. The Kier molecular flexibility index (Phi) is 3.97. The highest BCUT2D eigenvalue weighted by molar-refractivity contribution is 5.97. The Bertz CT molecular complexity index is 1110. The molecule has 0 saturated carbocycles. The van der Waals surface area contributed by atoms with E-state index in [4.69, 9.17) is 9.72 Å². The van der Waals surface area contributed by atoms with Crippen LogP contribution in [0.2, 0.25) is 0 Å². The van der Waals surface area contributed by atoms with Crippen molar-refractivity contribution in [1.82, 2.24) is 14.6 Å². The number of amides is 1. The van der Waals surface area contributed by atoms with Crippen LogP contribution in [0, 0.1) is 11.2 Å². The van der Waals surface area contributed by atoms with E-state index < -0.39 is 5.41 Å². The number of fused-ring (bicyclic) bond motifs is 5. The Morgan fingerprint density at radius 3 is 3.03 bits per heavy atom. The Morgan fingerprint density at radius 1 is 1.31 bits per heavy atom. The van der Waals surface area contributed by atoms with Crippen molar-refractivity contribution in [3.8, 4) is 5.75 Å². The van der Waals surface area contributed by atoms with Crippen molar-refractivity contribution in [1.29, 1.82) is 0 Å². The highest BCUT2D eigenvalue weighted by Crippen LogP contribution is 2.40. The van der Waals surface area contributed by atoms with Gasteiger partial charge in [-0.15, -0.1) is 0 Å². The second-order valence-electron chi connectivity index (χ2n) is 8.27. The number of nitrogens with zero attached hydrogens (tertiary/aromatic N) is 4. The second-order valence-corrected chi connectivity index (χ2v) is 8.27. The smallest absolute Gasteiger partial charge is 0.233 e. The summed E-state index contributed by atoms with van der Waals surface area (Å²) in [5.41, 5.74) is 1.12. The molecule has 0 radical (unpaired) electrons. The molecule has 1 saturated heterocycles. The van der Waals surface area contributed by atoms with Gasteiger partial charge in [-0.25, -0.2) is 13.9 Å². The first-order chi connectivity index (χ1) is 13.9. The summed E-state index contributed by atoms with van der Waals surface area (Å²) in [6.07, 6.45) is 5.28. The third-order valence-corrected chi connectivity index (χ3v) is 5.68. The van der Waals surface area contributed by atoms with Crippen molar-refractivity contribution in [3.05, 3.63) is 48.0 Å². The van der Waals surface area contributed by atoms with E-state index in [0.29, 0.717) is 17.1 Å². The van der Waals surface area contributed by atoms with Gasteiger partial charge >= 0.3 is 0 Å². The van der Waals surface area contributed by atoms with Gasteiger partial charge < -0.3 is 15.0 Å². The van der Waals surface area contributed by atoms with Gasteiger partial charge in [-0.3, -0.25) is 4.79 Å². The van der Waals surface area contributed by atoms with Crippen molar-refractivity contribution >= 4 is 23.1 Å². The minimum absolute atomic E-state index is 0.0467. The lowest BCUT2D eigenvalue weighted by Crippen LogP contribution is -2.36. The maximum Gasteiger partial charge on any atom is 0.233 e. The molecule has 150 valence electrons. The maximum absolute atomic E-state index is 14.1. The molecule has 1 fully saturated rings. The molecule has 4 heterocycles. The number of nitrogens with one attached hydrogen (secondary N) is 1. The van der Waals surface area contributed by atoms with Crippen molar-refractivity contribution in [2.45, 2.75) is 32.7 Å². The van der Waals surface area contributed by atoms with Gasteiger partial charge in [-0.2, -0.15) is 5.10 Å².